The third-order valence-electron chi connectivity index (χ3n) is 3.52. The van der Waals surface area contributed by atoms with E-state index in [2.05, 4.69) is 0 Å². The Labute approximate surface area is 118 Å². The van der Waals surface area contributed by atoms with Crippen LogP contribution in [0, 0.1) is 0 Å². The number of hydrogen-bond acceptors (Lipinski definition) is 3. The van der Waals surface area contributed by atoms with Crippen molar-refractivity contribution in [3.63, 3.8) is 0 Å². The maximum absolute atomic E-state index is 9.18. The molecule has 1 aliphatic rings. The second-order valence-corrected chi connectivity index (χ2v) is 5.00. The first kappa shape index (κ1) is 13.0. The number of benzene rings is 2. The van der Waals surface area contributed by atoms with Crippen LogP contribution in [0.2, 0.25) is 0 Å². The molecule has 0 unspecified atom stereocenters. The summed E-state index contributed by atoms with van der Waals surface area (Å²) in [7, 11) is 0. The molecule has 104 valence electrons. The maximum Gasteiger partial charge on any atom is 0.126 e. The van der Waals surface area contributed by atoms with Gasteiger partial charge in [0.15, 0.2) is 0 Å². The van der Waals surface area contributed by atoms with Gasteiger partial charge in [0.25, 0.3) is 0 Å². The number of ether oxygens (including phenoxy) is 2. The van der Waals surface area contributed by atoms with E-state index in [0.29, 0.717) is 6.61 Å². The molecule has 0 radical (unpaired) electrons. The number of aliphatic hydroxyl groups excluding tert-OH is 1. The third-order valence-corrected chi connectivity index (χ3v) is 3.52. The Balaban J connectivity index is 1.69. The molecule has 1 atom stereocenters. The van der Waals surface area contributed by atoms with Gasteiger partial charge in [-0.2, -0.15) is 0 Å². The van der Waals surface area contributed by atoms with Crippen LogP contribution in [-0.4, -0.2) is 17.8 Å². The van der Waals surface area contributed by atoms with Crippen molar-refractivity contribution in [3.05, 3.63) is 59.7 Å². The van der Waals surface area contributed by atoms with Gasteiger partial charge >= 0.3 is 0 Å². The summed E-state index contributed by atoms with van der Waals surface area (Å²) in [6.07, 6.45) is 1.72. The minimum absolute atomic E-state index is 0.0640. The molecule has 0 spiro atoms. The first-order chi connectivity index (χ1) is 9.85. The van der Waals surface area contributed by atoms with Crippen LogP contribution in [0.4, 0.5) is 0 Å². The smallest absolute Gasteiger partial charge is 0.126 e. The Morgan fingerprint density at radius 2 is 2.00 bits per heavy atom. The molecule has 1 N–H and O–H groups in total. The van der Waals surface area contributed by atoms with E-state index in [1.54, 1.807) is 0 Å². The zero-order valence-corrected chi connectivity index (χ0v) is 11.3. The molecule has 0 saturated carbocycles. The lowest BCUT2D eigenvalue weighted by Gasteiger charge is -2.25. The van der Waals surface area contributed by atoms with Crippen molar-refractivity contribution < 1.29 is 14.6 Å². The molecular formula is C17H18O3. The van der Waals surface area contributed by atoms with E-state index in [-0.39, 0.29) is 12.7 Å². The highest BCUT2D eigenvalue weighted by atomic mass is 16.5. The zero-order chi connectivity index (χ0) is 13.8. The Morgan fingerprint density at radius 1 is 1.15 bits per heavy atom. The maximum atomic E-state index is 9.18. The number of fused-ring (bicyclic) bond motifs is 1. The van der Waals surface area contributed by atoms with E-state index in [1.807, 2.05) is 48.5 Å². The van der Waals surface area contributed by atoms with Gasteiger partial charge in [0.1, 0.15) is 24.2 Å². The molecule has 0 aliphatic carbocycles. The Morgan fingerprint density at radius 3 is 2.80 bits per heavy atom. The van der Waals surface area contributed by atoms with Crippen molar-refractivity contribution >= 4 is 0 Å². The first-order valence-corrected chi connectivity index (χ1v) is 6.92. The molecule has 0 saturated heterocycles. The van der Waals surface area contributed by atoms with Crippen LogP contribution in [0.3, 0.4) is 0 Å². The van der Waals surface area contributed by atoms with Crippen LogP contribution in [0.15, 0.2) is 48.5 Å². The predicted molar refractivity (Wildman–Crippen MR) is 77.0 cm³/mol. The summed E-state index contributed by atoms with van der Waals surface area (Å²) < 4.78 is 11.5. The van der Waals surface area contributed by atoms with E-state index in [4.69, 9.17) is 9.47 Å². The molecular weight excluding hydrogens is 252 g/mol. The van der Waals surface area contributed by atoms with Crippen molar-refractivity contribution in [2.75, 3.05) is 6.61 Å². The minimum Gasteiger partial charge on any atom is -0.489 e. The number of rotatable bonds is 4. The summed E-state index contributed by atoms with van der Waals surface area (Å²) in [5.74, 6) is 1.63. The van der Waals surface area contributed by atoms with Crippen molar-refractivity contribution in [1.29, 1.82) is 0 Å². The topological polar surface area (TPSA) is 38.7 Å². The molecule has 0 fully saturated rings. The van der Waals surface area contributed by atoms with Crippen LogP contribution in [0.25, 0.3) is 0 Å². The molecule has 0 bridgehead atoms. The van der Waals surface area contributed by atoms with Crippen molar-refractivity contribution in [2.24, 2.45) is 0 Å². The van der Waals surface area contributed by atoms with Gasteiger partial charge in [-0.1, -0.05) is 36.4 Å². The average Bonchev–Trinajstić information content (AvgIpc) is 2.53. The van der Waals surface area contributed by atoms with Gasteiger partial charge in [-0.25, -0.2) is 0 Å². The van der Waals surface area contributed by atoms with Gasteiger partial charge in [-0.15, -0.1) is 0 Å². The lowest BCUT2D eigenvalue weighted by molar-refractivity contribution is 0.0974. The summed E-state index contributed by atoms with van der Waals surface area (Å²) in [5, 5.41) is 9.18. The van der Waals surface area contributed by atoms with Gasteiger partial charge in [0.05, 0.1) is 6.61 Å². The third kappa shape index (κ3) is 2.94. The Hall–Kier alpha value is -2.00. The summed E-state index contributed by atoms with van der Waals surface area (Å²) >= 11 is 0. The molecule has 2 aromatic carbocycles. The first-order valence-electron chi connectivity index (χ1n) is 6.92. The molecule has 1 aliphatic heterocycles. The van der Waals surface area contributed by atoms with Crippen molar-refractivity contribution in [2.45, 2.75) is 25.6 Å². The predicted octanol–water partition coefficient (Wildman–Crippen LogP) is 2.95. The Kier molecular flexibility index (Phi) is 3.88. The number of aliphatic hydroxyl groups is 1. The van der Waals surface area contributed by atoms with Crippen LogP contribution < -0.4 is 9.47 Å². The molecule has 3 nitrogen and oxygen atoms in total. The molecule has 2 aromatic rings. The van der Waals surface area contributed by atoms with E-state index in [9.17, 15) is 5.11 Å². The van der Waals surface area contributed by atoms with Gasteiger partial charge in [-0.05, 0) is 30.0 Å². The normalized spacial score (nSPS) is 17.1. The van der Waals surface area contributed by atoms with E-state index in [1.165, 1.54) is 5.56 Å². The molecule has 1 heterocycles. The van der Waals surface area contributed by atoms with Gasteiger partial charge in [0.2, 0.25) is 0 Å². The fourth-order valence-corrected chi connectivity index (χ4v) is 2.37. The fourth-order valence-electron chi connectivity index (χ4n) is 2.37. The van der Waals surface area contributed by atoms with Crippen molar-refractivity contribution in [3.8, 4) is 11.5 Å². The standard InChI is InChI=1S/C17H18O3/c18-11-16-9-7-14-6-8-15(10-17(14)20-16)19-12-13-4-2-1-3-5-13/h1-6,8,10,16,18H,7,9,11-12H2/t16-/m0/s1. The molecule has 3 rings (SSSR count). The summed E-state index contributed by atoms with van der Waals surface area (Å²) in [5.41, 5.74) is 2.32. The van der Waals surface area contributed by atoms with Crippen LogP contribution >= 0.6 is 0 Å². The highest BCUT2D eigenvalue weighted by Crippen LogP contribution is 2.31. The van der Waals surface area contributed by atoms with Crippen LogP contribution in [-0.2, 0) is 13.0 Å². The second kappa shape index (κ2) is 5.97. The monoisotopic (exact) mass is 270 g/mol. The summed E-state index contributed by atoms with van der Waals surface area (Å²) in [4.78, 5) is 0. The van der Waals surface area contributed by atoms with Gasteiger partial charge in [-0.3, -0.25) is 0 Å². The van der Waals surface area contributed by atoms with Gasteiger partial charge in [0, 0.05) is 6.07 Å². The molecule has 0 aromatic heterocycles. The van der Waals surface area contributed by atoms with Crippen LogP contribution in [0.1, 0.15) is 17.5 Å². The lowest BCUT2D eigenvalue weighted by atomic mass is 10.0. The van der Waals surface area contributed by atoms with Crippen LogP contribution in [0.5, 0.6) is 11.5 Å². The summed E-state index contributed by atoms with van der Waals surface area (Å²) in [6.45, 7) is 0.609. The van der Waals surface area contributed by atoms with Gasteiger partial charge < -0.3 is 14.6 Å². The molecule has 0 amide bonds. The van der Waals surface area contributed by atoms with Crippen molar-refractivity contribution in [1.82, 2.24) is 0 Å². The number of hydrogen-bond donors (Lipinski definition) is 1. The minimum atomic E-state index is -0.0909. The quantitative estimate of drug-likeness (QED) is 0.928. The molecule has 3 heteroatoms. The highest BCUT2D eigenvalue weighted by molar-refractivity contribution is 5.42. The SMILES string of the molecule is OC[C@@H]1CCc2ccc(OCc3ccccc3)cc2O1. The highest BCUT2D eigenvalue weighted by Gasteiger charge is 2.19. The average molecular weight is 270 g/mol. The fraction of sp³-hybridized carbons (Fsp3) is 0.294. The van der Waals surface area contributed by atoms with E-state index >= 15 is 0 Å². The van der Waals surface area contributed by atoms with E-state index < -0.39 is 0 Å². The largest absolute Gasteiger partial charge is 0.489 e. The lowest BCUT2D eigenvalue weighted by Crippen LogP contribution is -2.26. The summed E-state index contributed by atoms with van der Waals surface area (Å²) in [6, 6.07) is 16.0. The van der Waals surface area contributed by atoms with E-state index in [0.717, 1.165) is 29.9 Å². The Bertz CT molecular complexity index is 566. The number of aryl methyl sites for hydroxylation is 1. The molecule has 20 heavy (non-hydrogen) atoms. The second-order valence-electron chi connectivity index (χ2n) is 5.00. The zero-order valence-electron chi connectivity index (χ0n) is 11.3.